The third-order valence-electron chi connectivity index (χ3n) is 3.65. The van der Waals surface area contributed by atoms with E-state index >= 15 is 0 Å². The van der Waals surface area contributed by atoms with Gasteiger partial charge in [-0.2, -0.15) is 0 Å². The molecule has 0 bridgehead atoms. The van der Waals surface area contributed by atoms with Gasteiger partial charge >= 0.3 is 0 Å². The third-order valence-corrected chi connectivity index (χ3v) is 3.65. The summed E-state index contributed by atoms with van der Waals surface area (Å²) >= 11 is 0. The molecule has 1 aromatic carbocycles. The van der Waals surface area contributed by atoms with E-state index in [0.29, 0.717) is 5.95 Å². The number of anilines is 1. The second-order valence-electron chi connectivity index (χ2n) is 5.37. The van der Waals surface area contributed by atoms with Crippen molar-refractivity contribution in [1.82, 2.24) is 15.0 Å². The first kappa shape index (κ1) is 15.2. The number of pyridine rings is 1. The molecule has 3 rings (SSSR count). The summed E-state index contributed by atoms with van der Waals surface area (Å²) in [7, 11) is 0. The summed E-state index contributed by atoms with van der Waals surface area (Å²) in [6.07, 6.45) is 8.69. The van der Waals surface area contributed by atoms with Gasteiger partial charge in [-0.25, -0.2) is 9.97 Å². The van der Waals surface area contributed by atoms with Gasteiger partial charge in [0.15, 0.2) is 0 Å². The summed E-state index contributed by atoms with van der Waals surface area (Å²) in [6, 6.07) is 16.4. The Hall–Kier alpha value is -2.75. The third kappa shape index (κ3) is 4.61. The number of hydrogen-bond acceptors (Lipinski definition) is 4. The molecular formula is C19H20N4. The van der Waals surface area contributed by atoms with Crippen molar-refractivity contribution in [1.29, 1.82) is 0 Å². The molecule has 0 aliphatic carbocycles. The molecule has 0 aliphatic heterocycles. The molecule has 3 aromatic rings. The molecule has 2 heterocycles. The fraction of sp³-hybridized carbons (Fsp3) is 0.211. The molecule has 0 radical (unpaired) electrons. The summed E-state index contributed by atoms with van der Waals surface area (Å²) in [5.41, 5.74) is 3.35. The quantitative estimate of drug-likeness (QED) is 0.671. The van der Waals surface area contributed by atoms with E-state index in [1.807, 2.05) is 18.2 Å². The van der Waals surface area contributed by atoms with Crippen molar-refractivity contribution in [3.8, 4) is 11.3 Å². The van der Waals surface area contributed by atoms with Crippen molar-refractivity contribution in [2.75, 3.05) is 11.9 Å². The van der Waals surface area contributed by atoms with E-state index in [2.05, 4.69) is 50.6 Å². The molecule has 0 aliphatic rings. The van der Waals surface area contributed by atoms with Crippen LogP contribution < -0.4 is 5.32 Å². The van der Waals surface area contributed by atoms with E-state index < -0.39 is 0 Å². The standard InChI is InChI=1S/C19H20N4/c1-2-6-16(7-3-1)8-4-5-12-21-19-22-15-11-18(23-19)17-9-13-20-14-10-17/h1-3,6-7,9-11,13-15H,4-5,8,12H2,(H,21,22,23). The van der Waals surface area contributed by atoms with Gasteiger partial charge in [0.2, 0.25) is 5.95 Å². The van der Waals surface area contributed by atoms with E-state index in [1.165, 1.54) is 5.56 Å². The number of aromatic nitrogens is 3. The summed E-state index contributed by atoms with van der Waals surface area (Å²) in [5.74, 6) is 0.680. The highest BCUT2D eigenvalue weighted by Crippen LogP contribution is 2.16. The SMILES string of the molecule is c1ccc(CCCCNc2nccc(-c3ccncc3)n2)cc1. The molecule has 0 amide bonds. The molecule has 116 valence electrons. The van der Waals surface area contributed by atoms with Gasteiger partial charge in [0, 0.05) is 30.7 Å². The zero-order valence-electron chi connectivity index (χ0n) is 13.0. The van der Waals surface area contributed by atoms with E-state index in [-0.39, 0.29) is 0 Å². The second kappa shape index (κ2) is 8.03. The van der Waals surface area contributed by atoms with Crippen LogP contribution in [-0.2, 0) is 6.42 Å². The minimum atomic E-state index is 0.680. The second-order valence-corrected chi connectivity index (χ2v) is 5.37. The zero-order valence-corrected chi connectivity index (χ0v) is 13.0. The van der Waals surface area contributed by atoms with Crippen LogP contribution in [0, 0.1) is 0 Å². The maximum absolute atomic E-state index is 4.55. The Balaban J connectivity index is 1.47. The van der Waals surface area contributed by atoms with Gasteiger partial charge in [0.25, 0.3) is 0 Å². The maximum atomic E-state index is 4.55. The van der Waals surface area contributed by atoms with Crippen molar-refractivity contribution in [3.63, 3.8) is 0 Å². The topological polar surface area (TPSA) is 50.7 Å². The number of rotatable bonds is 7. The summed E-state index contributed by atoms with van der Waals surface area (Å²) in [4.78, 5) is 12.9. The Morgan fingerprint density at radius 1 is 0.826 bits per heavy atom. The molecule has 2 aromatic heterocycles. The average molecular weight is 304 g/mol. The molecule has 0 saturated heterocycles. The molecule has 0 atom stereocenters. The van der Waals surface area contributed by atoms with Crippen LogP contribution in [0.4, 0.5) is 5.95 Å². The number of unbranched alkanes of at least 4 members (excludes halogenated alkanes) is 1. The van der Waals surface area contributed by atoms with Gasteiger partial charge in [-0.1, -0.05) is 30.3 Å². The highest BCUT2D eigenvalue weighted by molar-refractivity contribution is 5.58. The first-order valence-corrected chi connectivity index (χ1v) is 7.93. The molecule has 4 nitrogen and oxygen atoms in total. The maximum Gasteiger partial charge on any atom is 0.223 e. The molecule has 23 heavy (non-hydrogen) atoms. The Morgan fingerprint density at radius 2 is 1.65 bits per heavy atom. The Kier molecular flexibility index (Phi) is 5.29. The van der Waals surface area contributed by atoms with Crippen LogP contribution >= 0.6 is 0 Å². The van der Waals surface area contributed by atoms with Crippen LogP contribution in [0.25, 0.3) is 11.3 Å². The first-order valence-electron chi connectivity index (χ1n) is 7.93. The highest BCUT2D eigenvalue weighted by atomic mass is 15.1. The smallest absolute Gasteiger partial charge is 0.223 e. The van der Waals surface area contributed by atoms with Crippen molar-refractivity contribution >= 4 is 5.95 Å². The van der Waals surface area contributed by atoms with E-state index in [9.17, 15) is 0 Å². The lowest BCUT2D eigenvalue weighted by atomic mass is 10.1. The van der Waals surface area contributed by atoms with Crippen molar-refractivity contribution in [2.45, 2.75) is 19.3 Å². The van der Waals surface area contributed by atoms with Gasteiger partial charge in [-0.15, -0.1) is 0 Å². The summed E-state index contributed by atoms with van der Waals surface area (Å²) in [5, 5.41) is 3.30. The lowest BCUT2D eigenvalue weighted by Gasteiger charge is -2.06. The number of hydrogen-bond donors (Lipinski definition) is 1. The lowest BCUT2D eigenvalue weighted by Crippen LogP contribution is -2.06. The van der Waals surface area contributed by atoms with Gasteiger partial charge in [-0.3, -0.25) is 4.98 Å². The Morgan fingerprint density at radius 3 is 2.48 bits per heavy atom. The molecule has 4 heteroatoms. The molecule has 1 N–H and O–H groups in total. The van der Waals surface area contributed by atoms with Crippen LogP contribution in [0.1, 0.15) is 18.4 Å². The average Bonchev–Trinajstić information content (AvgIpc) is 2.63. The Bertz CT molecular complexity index is 714. The van der Waals surface area contributed by atoms with Gasteiger partial charge in [0.1, 0.15) is 0 Å². The van der Waals surface area contributed by atoms with Crippen LogP contribution in [-0.4, -0.2) is 21.5 Å². The number of nitrogens with zero attached hydrogens (tertiary/aromatic N) is 3. The minimum absolute atomic E-state index is 0.680. The number of nitrogens with one attached hydrogen (secondary N) is 1. The predicted molar refractivity (Wildman–Crippen MR) is 93.1 cm³/mol. The Labute approximate surface area is 136 Å². The summed E-state index contributed by atoms with van der Waals surface area (Å²) in [6.45, 7) is 0.882. The largest absolute Gasteiger partial charge is 0.354 e. The molecular weight excluding hydrogens is 284 g/mol. The summed E-state index contributed by atoms with van der Waals surface area (Å²) < 4.78 is 0. The van der Waals surface area contributed by atoms with Crippen LogP contribution in [0.5, 0.6) is 0 Å². The van der Waals surface area contributed by atoms with Crippen LogP contribution in [0.2, 0.25) is 0 Å². The molecule has 0 spiro atoms. The van der Waals surface area contributed by atoms with Crippen LogP contribution in [0.15, 0.2) is 67.1 Å². The lowest BCUT2D eigenvalue weighted by molar-refractivity contribution is 0.759. The molecule has 0 fully saturated rings. The van der Waals surface area contributed by atoms with Gasteiger partial charge in [-0.05, 0) is 43.0 Å². The van der Waals surface area contributed by atoms with Gasteiger partial charge in [0.05, 0.1) is 5.69 Å². The van der Waals surface area contributed by atoms with Crippen LogP contribution in [0.3, 0.4) is 0 Å². The fourth-order valence-electron chi connectivity index (χ4n) is 2.43. The monoisotopic (exact) mass is 304 g/mol. The van der Waals surface area contributed by atoms with Crippen molar-refractivity contribution in [2.24, 2.45) is 0 Å². The molecule has 0 unspecified atom stereocenters. The van der Waals surface area contributed by atoms with E-state index in [4.69, 9.17) is 0 Å². The molecule has 0 saturated carbocycles. The van der Waals surface area contributed by atoms with E-state index in [0.717, 1.165) is 37.1 Å². The van der Waals surface area contributed by atoms with Crippen molar-refractivity contribution in [3.05, 3.63) is 72.7 Å². The normalized spacial score (nSPS) is 10.4. The highest BCUT2D eigenvalue weighted by Gasteiger charge is 2.01. The zero-order chi connectivity index (χ0) is 15.7. The number of benzene rings is 1. The van der Waals surface area contributed by atoms with E-state index in [1.54, 1.807) is 18.6 Å². The number of aryl methyl sites for hydroxylation is 1. The van der Waals surface area contributed by atoms with Gasteiger partial charge < -0.3 is 5.32 Å². The minimum Gasteiger partial charge on any atom is -0.354 e. The first-order chi connectivity index (χ1) is 11.4. The van der Waals surface area contributed by atoms with Crippen molar-refractivity contribution < 1.29 is 0 Å². The predicted octanol–water partition coefficient (Wildman–Crippen LogP) is 3.97. The fourth-order valence-corrected chi connectivity index (χ4v) is 2.43.